The van der Waals surface area contributed by atoms with Crippen molar-refractivity contribution in [3.63, 3.8) is 0 Å². The first-order valence-corrected chi connectivity index (χ1v) is 8.38. The number of nitrogens with zero attached hydrogens (tertiary/aromatic N) is 5. The minimum Gasteiger partial charge on any atom is -0.370 e. The van der Waals surface area contributed by atoms with Crippen molar-refractivity contribution in [2.45, 2.75) is 25.6 Å². The Morgan fingerprint density at radius 3 is 2.68 bits per heavy atom. The molecule has 1 aliphatic rings. The molecule has 25 heavy (non-hydrogen) atoms. The minimum atomic E-state index is 0.212. The van der Waals surface area contributed by atoms with E-state index in [1.165, 1.54) is 5.69 Å². The molecule has 1 saturated heterocycles. The number of ether oxygens (including phenoxy) is 1. The number of piperidine rings is 1. The van der Waals surface area contributed by atoms with Crippen LogP contribution in [0.1, 0.15) is 18.7 Å². The van der Waals surface area contributed by atoms with Gasteiger partial charge in [0.1, 0.15) is 6.61 Å². The Bertz CT molecular complexity index is 785. The zero-order chi connectivity index (χ0) is 16.9. The number of aromatic nitrogens is 4. The average molecular weight is 337 g/mol. The normalized spacial score (nSPS) is 15.4. The Hall–Kier alpha value is -2.80. The summed E-state index contributed by atoms with van der Waals surface area (Å²) < 4.78 is 11.2. The maximum atomic E-state index is 5.95. The van der Waals surface area contributed by atoms with Crippen molar-refractivity contribution in [2.75, 3.05) is 18.0 Å². The summed E-state index contributed by atoms with van der Waals surface area (Å²) >= 11 is 0. The first-order chi connectivity index (χ1) is 12.4. The highest BCUT2D eigenvalue weighted by Crippen LogP contribution is 2.21. The van der Waals surface area contributed by atoms with E-state index in [4.69, 9.17) is 9.26 Å². The molecule has 3 aromatic rings. The van der Waals surface area contributed by atoms with Crippen LogP contribution in [0.25, 0.3) is 11.4 Å². The van der Waals surface area contributed by atoms with E-state index in [0.717, 1.165) is 31.5 Å². The molecule has 4 rings (SSSR count). The van der Waals surface area contributed by atoms with Gasteiger partial charge in [-0.15, -0.1) is 0 Å². The van der Waals surface area contributed by atoms with E-state index in [1.807, 2.05) is 24.4 Å². The van der Waals surface area contributed by atoms with Gasteiger partial charge < -0.3 is 14.2 Å². The molecule has 3 aromatic heterocycles. The Labute approximate surface area is 145 Å². The number of anilines is 1. The van der Waals surface area contributed by atoms with Gasteiger partial charge in [0.25, 0.3) is 5.89 Å². The van der Waals surface area contributed by atoms with Gasteiger partial charge in [0.2, 0.25) is 5.82 Å². The standard InChI is InChI=1S/C18H19N5O2/c1-2-15(12-20-7-1)23-10-5-16(6-11-23)24-13-17-21-18(22-25-17)14-3-8-19-9-4-14/h1-4,7-9,12,16H,5-6,10-11,13H2. The smallest absolute Gasteiger partial charge is 0.252 e. The Kier molecular flexibility index (Phi) is 4.65. The molecule has 0 bridgehead atoms. The van der Waals surface area contributed by atoms with Gasteiger partial charge in [-0.2, -0.15) is 4.98 Å². The molecule has 0 saturated carbocycles. The molecular weight excluding hydrogens is 318 g/mol. The van der Waals surface area contributed by atoms with E-state index in [0.29, 0.717) is 18.3 Å². The van der Waals surface area contributed by atoms with Crippen LogP contribution in [0.15, 0.2) is 53.6 Å². The minimum absolute atomic E-state index is 0.212. The van der Waals surface area contributed by atoms with Gasteiger partial charge in [-0.05, 0) is 37.1 Å². The van der Waals surface area contributed by atoms with Crippen molar-refractivity contribution < 1.29 is 9.26 Å². The van der Waals surface area contributed by atoms with Gasteiger partial charge in [0.15, 0.2) is 0 Å². The SMILES string of the molecule is c1cncc(N2CCC(OCc3nc(-c4ccncc4)no3)CC2)c1. The summed E-state index contributed by atoms with van der Waals surface area (Å²) in [5.74, 6) is 1.06. The molecule has 7 nitrogen and oxygen atoms in total. The molecule has 0 amide bonds. The van der Waals surface area contributed by atoms with Gasteiger partial charge in [-0.1, -0.05) is 5.16 Å². The van der Waals surface area contributed by atoms with Gasteiger partial charge in [-0.3, -0.25) is 9.97 Å². The van der Waals surface area contributed by atoms with Crippen molar-refractivity contribution in [3.05, 3.63) is 54.9 Å². The van der Waals surface area contributed by atoms with Crippen molar-refractivity contribution in [1.82, 2.24) is 20.1 Å². The van der Waals surface area contributed by atoms with E-state index >= 15 is 0 Å². The highest BCUT2D eigenvalue weighted by molar-refractivity contribution is 5.52. The van der Waals surface area contributed by atoms with Crippen LogP contribution in [0.2, 0.25) is 0 Å². The van der Waals surface area contributed by atoms with Crippen LogP contribution < -0.4 is 4.90 Å². The van der Waals surface area contributed by atoms with Crippen molar-refractivity contribution >= 4 is 5.69 Å². The fraction of sp³-hybridized carbons (Fsp3) is 0.333. The van der Waals surface area contributed by atoms with Crippen LogP contribution in [0, 0.1) is 0 Å². The number of rotatable bonds is 5. The number of hydrogen-bond donors (Lipinski definition) is 0. The third-order valence-corrected chi connectivity index (χ3v) is 4.30. The second-order valence-electron chi connectivity index (χ2n) is 5.96. The Morgan fingerprint density at radius 1 is 1.08 bits per heavy atom. The quantitative estimate of drug-likeness (QED) is 0.708. The zero-order valence-electron chi connectivity index (χ0n) is 13.8. The lowest BCUT2D eigenvalue weighted by Crippen LogP contribution is -2.37. The highest BCUT2D eigenvalue weighted by atomic mass is 16.5. The number of pyridine rings is 2. The largest absolute Gasteiger partial charge is 0.370 e. The summed E-state index contributed by atoms with van der Waals surface area (Å²) in [6, 6.07) is 7.76. The van der Waals surface area contributed by atoms with Gasteiger partial charge in [-0.25, -0.2) is 0 Å². The summed E-state index contributed by atoms with van der Waals surface area (Å²) in [6.45, 7) is 2.26. The third-order valence-electron chi connectivity index (χ3n) is 4.30. The van der Waals surface area contributed by atoms with Crippen LogP contribution in [-0.2, 0) is 11.3 Å². The predicted molar refractivity (Wildman–Crippen MR) is 91.8 cm³/mol. The lowest BCUT2D eigenvalue weighted by atomic mass is 10.1. The molecule has 1 aliphatic heterocycles. The van der Waals surface area contributed by atoms with E-state index < -0.39 is 0 Å². The van der Waals surface area contributed by atoms with Crippen LogP contribution in [0.4, 0.5) is 5.69 Å². The van der Waals surface area contributed by atoms with Gasteiger partial charge in [0.05, 0.1) is 18.0 Å². The van der Waals surface area contributed by atoms with E-state index in [2.05, 4.69) is 31.1 Å². The summed E-state index contributed by atoms with van der Waals surface area (Å²) in [5.41, 5.74) is 2.05. The van der Waals surface area contributed by atoms with Crippen molar-refractivity contribution in [3.8, 4) is 11.4 Å². The average Bonchev–Trinajstić information content (AvgIpc) is 3.17. The molecule has 7 heteroatoms. The molecule has 0 aliphatic carbocycles. The molecule has 128 valence electrons. The summed E-state index contributed by atoms with van der Waals surface area (Å²) in [5, 5.41) is 3.99. The molecule has 0 N–H and O–H groups in total. The van der Waals surface area contributed by atoms with Crippen molar-refractivity contribution in [2.24, 2.45) is 0 Å². The third kappa shape index (κ3) is 3.83. The fourth-order valence-corrected chi connectivity index (χ4v) is 2.94. The van der Waals surface area contributed by atoms with Crippen LogP contribution in [0.5, 0.6) is 0 Å². The zero-order valence-corrected chi connectivity index (χ0v) is 13.8. The monoisotopic (exact) mass is 337 g/mol. The molecule has 0 aromatic carbocycles. The molecular formula is C18H19N5O2. The molecule has 0 radical (unpaired) electrons. The van der Waals surface area contributed by atoms with E-state index in [-0.39, 0.29) is 6.10 Å². The van der Waals surface area contributed by atoms with Gasteiger partial charge >= 0.3 is 0 Å². The second-order valence-corrected chi connectivity index (χ2v) is 5.96. The lowest BCUT2D eigenvalue weighted by molar-refractivity contribution is 0.0121. The summed E-state index contributed by atoms with van der Waals surface area (Å²) in [6.07, 6.45) is 9.27. The van der Waals surface area contributed by atoms with E-state index in [9.17, 15) is 0 Å². The van der Waals surface area contributed by atoms with E-state index in [1.54, 1.807) is 18.6 Å². The highest BCUT2D eigenvalue weighted by Gasteiger charge is 2.21. The first-order valence-electron chi connectivity index (χ1n) is 8.38. The topological polar surface area (TPSA) is 77.2 Å². The Balaban J connectivity index is 1.28. The number of hydrogen-bond acceptors (Lipinski definition) is 7. The second kappa shape index (κ2) is 7.40. The molecule has 0 unspecified atom stereocenters. The molecule has 0 spiro atoms. The van der Waals surface area contributed by atoms with Gasteiger partial charge in [0, 0.05) is 37.2 Å². The maximum absolute atomic E-state index is 5.95. The van der Waals surface area contributed by atoms with Crippen LogP contribution in [0.3, 0.4) is 0 Å². The maximum Gasteiger partial charge on any atom is 0.252 e. The fourth-order valence-electron chi connectivity index (χ4n) is 2.94. The lowest BCUT2D eigenvalue weighted by Gasteiger charge is -2.33. The van der Waals surface area contributed by atoms with Crippen molar-refractivity contribution in [1.29, 1.82) is 0 Å². The predicted octanol–water partition coefficient (Wildman–Crippen LogP) is 2.71. The summed E-state index contributed by atoms with van der Waals surface area (Å²) in [7, 11) is 0. The molecule has 0 atom stereocenters. The molecule has 4 heterocycles. The summed E-state index contributed by atoms with van der Waals surface area (Å²) in [4.78, 5) is 14.9. The first kappa shape index (κ1) is 15.7. The van der Waals surface area contributed by atoms with Crippen LogP contribution >= 0.6 is 0 Å². The molecule has 1 fully saturated rings. The van der Waals surface area contributed by atoms with Crippen LogP contribution in [-0.4, -0.2) is 39.3 Å². The Morgan fingerprint density at radius 2 is 1.92 bits per heavy atom.